The summed E-state index contributed by atoms with van der Waals surface area (Å²) in [5.41, 5.74) is 1.79. The highest BCUT2D eigenvalue weighted by atomic mass is 32.2. The highest BCUT2D eigenvalue weighted by Crippen LogP contribution is 2.28. The standard InChI is InChI=1S/C17H14N2O2S/c1-21-14-9-7-12(8-10-14)11-15-16(19-17(20)22-15)18-13-5-3-2-4-6-13/h2-11H,1H3,(H,18,19,20)/b15-11-. The van der Waals surface area contributed by atoms with Crippen molar-refractivity contribution >= 4 is 34.6 Å². The molecule has 0 atom stereocenters. The number of ether oxygens (including phenoxy) is 1. The number of nitrogens with zero attached hydrogens (tertiary/aromatic N) is 1. The Morgan fingerprint density at radius 2 is 1.82 bits per heavy atom. The third kappa shape index (κ3) is 3.38. The van der Waals surface area contributed by atoms with Crippen LogP contribution in [0.3, 0.4) is 0 Å². The van der Waals surface area contributed by atoms with Crippen LogP contribution in [0.4, 0.5) is 10.5 Å². The van der Waals surface area contributed by atoms with Crippen molar-refractivity contribution in [3.8, 4) is 5.75 Å². The molecule has 0 unspecified atom stereocenters. The van der Waals surface area contributed by atoms with Crippen molar-refractivity contribution in [3.05, 3.63) is 65.1 Å². The van der Waals surface area contributed by atoms with Crippen molar-refractivity contribution in [2.75, 3.05) is 7.11 Å². The number of benzene rings is 2. The molecule has 0 bridgehead atoms. The van der Waals surface area contributed by atoms with Crippen molar-refractivity contribution in [2.45, 2.75) is 0 Å². The van der Waals surface area contributed by atoms with Gasteiger partial charge >= 0.3 is 0 Å². The lowest BCUT2D eigenvalue weighted by Gasteiger charge is -2.01. The van der Waals surface area contributed by atoms with Crippen LogP contribution in [0, 0.1) is 0 Å². The number of amidine groups is 1. The first-order valence-electron chi connectivity index (χ1n) is 6.73. The number of para-hydroxylation sites is 1. The van der Waals surface area contributed by atoms with E-state index < -0.39 is 0 Å². The summed E-state index contributed by atoms with van der Waals surface area (Å²) in [6.45, 7) is 0. The molecular formula is C17H14N2O2S. The second-order valence-electron chi connectivity index (χ2n) is 4.59. The Hall–Kier alpha value is -2.53. The number of aliphatic imine (C=N–C) groups is 1. The maximum Gasteiger partial charge on any atom is 0.289 e. The molecule has 0 aromatic heterocycles. The SMILES string of the molecule is COc1ccc(/C=C2\SC(=O)NC2=Nc2ccccc2)cc1. The van der Waals surface area contributed by atoms with Gasteiger partial charge in [0.1, 0.15) is 11.6 Å². The summed E-state index contributed by atoms with van der Waals surface area (Å²) >= 11 is 1.15. The quantitative estimate of drug-likeness (QED) is 0.923. The minimum absolute atomic E-state index is 0.116. The predicted octanol–water partition coefficient (Wildman–Crippen LogP) is 4.22. The molecule has 0 radical (unpaired) electrons. The first-order valence-corrected chi connectivity index (χ1v) is 7.55. The van der Waals surface area contributed by atoms with Crippen molar-refractivity contribution in [3.63, 3.8) is 0 Å². The second-order valence-corrected chi connectivity index (χ2v) is 5.61. The van der Waals surface area contributed by atoms with Crippen molar-refractivity contribution < 1.29 is 9.53 Å². The normalized spacial score (nSPS) is 17.8. The van der Waals surface area contributed by atoms with E-state index in [9.17, 15) is 4.79 Å². The van der Waals surface area contributed by atoms with Gasteiger partial charge in [-0.1, -0.05) is 30.3 Å². The molecule has 1 aliphatic heterocycles. The fourth-order valence-corrected chi connectivity index (χ4v) is 2.73. The molecule has 2 aromatic rings. The number of nitrogens with one attached hydrogen (secondary N) is 1. The van der Waals surface area contributed by atoms with Crippen LogP contribution in [0.1, 0.15) is 5.56 Å². The molecule has 1 heterocycles. The van der Waals surface area contributed by atoms with E-state index in [1.54, 1.807) is 7.11 Å². The zero-order valence-corrected chi connectivity index (χ0v) is 12.8. The van der Waals surface area contributed by atoms with Gasteiger partial charge < -0.3 is 10.1 Å². The molecule has 22 heavy (non-hydrogen) atoms. The van der Waals surface area contributed by atoms with Crippen LogP contribution in [0.15, 0.2) is 64.5 Å². The minimum Gasteiger partial charge on any atom is -0.497 e. The van der Waals surface area contributed by atoms with E-state index in [4.69, 9.17) is 4.74 Å². The van der Waals surface area contributed by atoms with Crippen LogP contribution in [0.5, 0.6) is 5.75 Å². The molecule has 4 nitrogen and oxygen atoms in total. The number of thioether (sulfide) groups is 1. The van der Waals surface area contributed by atoms with Gasteiger partial charge in [-0.15, -0.1) is 0 Å². The number of hydrogen-bond acceptors (Lipinski definition) is 4. The molecule has 0 spiro atoms. The number of carbonyl (C=O) groups is 1. The van der Waals surface area contributed by atoms with Crippen LogP contribution in [0.2, 0.25) is 0 Å². The minimum atomic E-state index is -0.116. The van der Waals surface area contributed by atoms with Gasteiger partial charge in [0.05, 0.1) is 17.7 Å². The Balaban J connectivity index is 1.91. The van der Waals surface area contributed by atoms with Gasteiger partial charge in [0, 0.05) is 0 Å². The van der Waals surface area contributed by atoms with Crippen LogP contribution < -0.4 is 10.1 Å². The van der Waals surface area contributed by atoms with Gasteiger partial charge in [0.15, 0.2) is 0 Å². The summed E-state index contributed by atoms with van der Waals surface area (Å²) in [6.07, 6.45) is 1.93. The molecule has 110 valence electrons. The van der Waals surface area contributed by atoms with E-state index in [0.717, 1.165) is 33.7 Å². The van der Waals surface area contributed by atoms with Crippen molar-refractivity contribution in [1.29, 1.82) is 0 Å². The maximum absolute atomic E-state index is 11.7. The van der Waals surface area contributed by atoms with E-state index in [0.29, 0.717) is 5.84 Å². The summed E-state index contributed by atoms with van der Waals surface area (Å²) < 4.78 is 5.14. The Bertz CT molecular complexity index is 737. The van der Waals surface area contributed by atoms with E-state index in [-0.39, 0.29) is 5.24 Å². The van der Waals surface area contributed by atoms with Crippen LogP contribution >= 0.6 is 11.8 Å². The summed E-state index contributed by atoms with van der Waals surface area (Å²) in [6, 6.07) is 17.2. The summed E-state index contributed by atoms with van der Waals surface area (Å²) in [5.74, 6) is 1.38. The molecule has 0 aliphatic carbocycles. The fraction of sp³-hybridized carbons (Fsp3) is 0.0588. The maximum atomic E-state index is 11.7. The monoisotopic (exact) mass is 310 g/mol. The third-order valence-corrected chi connectivity index (χ3v) is 3.89. The Kier molecular flexibility index (Phi) is 4.25. The molecule has 0 saturated carbocycles. The van der Waals surface area contributed by atoms with Crippen LogP contribution in [-0.2, 0) is 0 Å². The van der Waals surface area contributed by atoms with Gasteiger partial charge in [-0.05, 0) is 47.7 Å². The topological polar surface area (TPSA) is 50.7 Å². The molecule has 1 amide bonds. The van der Waals surface area contributed by atoms with Crippen molar-refractivity contribution in [1.82, 2.24) is 5.32 Å². The summed E-state index contributed by atoms with van der Waals surface area (Å²) in [7, 11) is 1.63. The van der Waals surface area contributed by atoms with Gasteiger partial charge in [-0.3, -0.25) is 4.79 Å². The molecule has 3 rings (SSSR count). The van der Waals surface area contributed by atoms with Gasteiger partial charge in [0.25, 0.3) is 5.24 Å². The largest absolute Gasteiger partial charge is 0.497 e. The van der Waals surface area contributed by atoms with E-state index in [1.807, 2.05) is 60.7 Å². The van der Waals surface area contributed by atoms with Gasteiger partial charge in [-0.2, -0.15) is 0 Å². The second kappa shape index (κ2) is 6.49. The molecular weight excluding hydrogens is 296 g/mol. The van der Waals surface area contributed by atoms with E-state index in [2.05, 4.69) is 10.3 Å². The molecule has 1 fully saturated rings. The first kappa shape index (κ1) is 14.4. The smallest absolute Gasteiger partial charge is 0.289 e. The number of methoxy groups -OCH3 is 1. The Morgan fingerprint density at radius 1 is 1.09 bits per heavy atom. The average Bonchev–Trinajstić information content (AvgIpc) is 2.88. The van der Waals surface area contributed by atoms with Crippen molar-refractivity contribution in [2.24, 2.45) is 4.99 Å². The molecule has 2 aromatic carbocycles. The van der Waals surface area contributed by atoms with Crippen LogP contribution in [0.25, 0.3) is 6.08 Å². The summed E-state index contributed by atoms with van der Waals surface area (Å²) in [5, 5.41) is 2.66. The lowest BCUT2D eigenvalue weighted by Crippen LogP contribution is -2.18. The van der Waals surface area contributed by atoms with Gasteiger partial charge in [0.2, 0.25) is 0 Å². The van der Waals surface area contributed by atoms with E-state index in [1.165, 1.54) is 0 Å². The summed E-state index contributed by atoms with van der Waals surface area (Å²) in [4.78, 5) is 17.0. The number of hydrogen-bond donors (Lipinski definition) is 1. The Labute approximate surface area is 132 Å². The highest BCUT2D eigenvalue weighted by Gasteiger charge is 2.23. The number of carbonyl (C=O) groups excluding carboxylic acids is 1. The number of rotatable bonds is 3. The molecule has 1 saturated heterocycles. The molecule has 1 aliphatic rings. The third-order valence-electron chi connectivity index (χ3n) is 3.07. The Morgan fingerprint density at radius 3 is 2.50 bits per heavy atom. The predicted molar refractivity (Wildman–Crippen MR) is 90.6 cm³/mol. The fourth-order valence-electron chi connectivity index (χ4n) is 2.00. The molecule has 5 heteroatoms. The zero-order chi connectivity index (χ0) is 15.4. The first-order chi connectivity index (χ1) is 10.7. The highest BCUT2D eigenvalue weighted by molar-refractivity contribution is 8.18. The zero-order valence-electron chi connectivity index (χ0n) is 11.9. The lowest BCUT2D eigenvalue weighted by molar-refractivity contribution is 0.265. The number of amides is 1. The van der Waals surface area contributed by atoms with E-state index >= 15 is 0 Å². The molecule has 1 N–H and O–H groups in total. The lowest BCUT2D eigenvalue weighted by atomic mass is 10.2. The average molecular weight is 310 g/mol. The van der Waals surface area contributed by atoms with Crippen LogP contribution in [-0.4, -0.2) is 18.2 Å². The van der Waals surface area contributed by atoms with Gasteiger partial charge in [-0.25, -0.2) is 4.99 Å².